The molecule has 3 heteroatoms. The second-order valence-corrected chi connectivity index (χ2v) is 6.46. The fraction of sp³-hybridized carbons (Fsp3) is 1.00. The van der Waals surface area contributed by atoms with Gasteiger partial charge in [0.1, 0.15) is 0 Å². The molecule has 3 rings (SSSR count). The molecule has 3 nitrogen and oxygen atoms in total. The molecule has 3 atom stereocenters. The molecule has 0 aromatic heterocycles. The SMILES string of the molecule is CN(C1CCCNCC1)C1CCN2CCCCC12. The predicted molar refractivity (Wildman–Crippen MR) is 75.9 cm³/mol. The Bertz CT molecular complexity index is 260. The Morgan fingerprint density at radius 2 is 1.89 bits per heavy atom. The van der Waals surface area contributed by atoms with E-state index in [-0.39, 0.29) is 0 Å². The van der Waals surface area contributed by atoms with Gasteiger partial charge >= 0.3 is 0 Å². The predicted octanol–water partition coefficient (Wildman–Crippen LogP) is 1.69. The number of rotatable bonds is 2. The summed E-state index contributed by atoms with van der Waals surface area (Å²) in [6.07, 6.45) is 9.84. The minimum Gasteiger partial charge on any atom is -0.317 e. The van der Waals surface area contributed by atoms with E-state index in [9.17, 15) is 0 Å². The summed E-state index contributed by atoms with van der Waals surface area (Å²) < 4.78 is 0. The molecule has 0 aromatic carbocycles. The largest absolute Gasteiger partial charge is 0.317 e. The summed E-state index contributed by atoms with van der Waals surface area (Å²) >= 11 is 0. The summed E-state index contributed by atoms with van der Waals surface area (Å²) in [5, 5.41) is 3.54. The van der Waals surface area contributed by atoms with Crippen molar-refractivity contribution in [2.75, 3.05) is 33.2 Å². The molecule has 3 heterocycles. The van der Waals surface area contributed by atoms with E-state index in [1.807, 2.05) is 0 Å². The van der Waals surface area contributed by atoms with E-state index in [1.165, 1.54) is 71.1 Å². The lowest BCUT2D eigenvalue weighted by molar-refractivity contribution is 0.0975. The zero-order valence-electron chi connectivity index (χ0n) is 11.9. The van der Waals surface area contributed by atoms with Crippen LogP contribution in [0.1, 0.15) is 44.9 Å². The molecular weight excluding hydrogens is 222 g/mol. The van der Waals surface area contributed by atoms with E-state index in [2.05, 4.69) is 22.2 Å². The van der Waals surface area contributed by atoms with Crippen LogP contribution < -0.4 is 5.32 Å². The standard InChI is InChI=1S/C15H29N3/c1-17(13-5-4-9-16-10-7-13)14-8-12-18-11-3-2-6-15(14)18/h13-16H,2-12H2,1H3. The van der Waals surface area contributed by atoms with Gasteiger partial charge in [0, 0.05) is 24.7 Å². The lowest BCUT2D eigenvalue weighted by Crippen LogP contribution is -2.49. The van der Waals surface area contributed by atoms with Crippen LogP contribution in [0.25, 0.3) is 0 Å². The summed E-state index contributed by atoms with van der Waals surface area (Å²) in [6, 6.07) is 2.54. The fourth-order valence-corrected chi connectivity index (χ4v) is 4.37. The molecule has 0 aliphatic carbocycles. The number of likely N-dealkylation sites (N-methyl/N-ethyl adjacent to an activating group) is 1. The Balaban J connectivity index is 1.62. The topological polar surface area (TPSA) is 18.5 Å². The van der Waals surface area contributed by atoms with Crippen molar-refractivity contribution < 1.29 is 0 Å². The number of piperidine rings is 1. The third kappa shape index (κ3) is 2.59. The van der Waals surface area contributed by atoms with Crippen LogP contribution >= 0.6 is 0 Å². The van der Waals surface area contributed by atoms with Gasteiger partial charge in [-0.1, -0.05) is 6.42 Å². The number of nitrogens with one attached hydrogen (secondary N) is 1. The molecule has 0 amide bonds. The van der Waals surface area contributed by atoms with Gasteiger partial charge in [-0.2, -0.15) is 0 Å². The average Bonchev–Trinajstić information content (AvgIpc) is 2.65. The first-order valence-electron chi connectivity index (χ1n) is 8.03. The molecule has 104 valence electrons. The molecule has 0 aromatic rings. The van der Waals surface area contributed by atoms with Crippen molar-refractivity contribution >= 4 is 0 Å². The Kier molecular flexibility index (Phi) is 4.22. The molecule has 18 heavy (non-hydrogen) atoms. The lowest BCUT2D eigenvalue weighted by Gasteiger charge is -2.39. The van der Waals surface area contributed by atoms with Crippen LogP contribution in [-0.4, -0.2) is 61.2 Å². The molecule has 3 aliphatic heterocycles. The fourth-order valence-electron chi connectivity index (χ4n) is 4.37. The van der Waals surface area contributed by atoms with Gasteiger partial charge in [0.15, 0.2) is 0 Å². The average molecular weight is 251 g/mol. The van der Waals surface area contributed by atoms with Gasteiger partial charge in [0.25, 0.3) is 0 Å². The maximum atomic E-state index is 3.54. The normalized spacial score (nSPS) is 38.7. The summed E-state index contributed by atoms with van der Waals surface area (Å²) in [5.74, 6) is 0. The maximum Gasteiger partial charge on any atom is 0.0263 e. The molecule has 0 radical (unpaired) electrons. The third-order valence-corrected chi connectivity index (χ3v) is 5.46. The van der Waals surface area contributed by atoms with E-state index >= 15 is 0 Å². The van der Waals surface area contributed by atoms with Gasteiger partial charge in [-0.25, -0.2) is 0 Å². The van der Waals surface area contributed by atoms with Crippen LogP contribution in [-0.2, 0) is 0 Å². The number of fused-ring (bicyclic) bond motifs is 1. The molecular formula is C15H29N3. The molecule has 3 aliphatic rings. The smallest absolute Gasteiger partial charge is 0.0263 e. The summed E-state index contributed by atoms with van der Waals surface area (Å²) in [5.41, 5.74) is 0. The van der Waals surface area contributed by atoms with Crippen molar-refractivity contribution in [2.45, 2.75) is 63.1 Å². The monoisotopic (exact) mass is 251 g/mol. The maximum absolute atomic E-state index is 3.54. The number of nitrogens with zero attached hydrogens (tertiary/aromatic N) is 2. The minimum absolute atomic E-state index is 0.826. The van der Waals surface area contributed by atoms with Crippen LogP contribution in [0.15, 0.2) is 0 Å². The Labute approximate surface area is 112 Å². The van der Waals surface area contributed by atoms with Gasteiger partial charge in [-0.05, 0) is 65.2 Å². The Hall–Kier alpha value is -0.120. The van der Waals surface area contributed by atoms with Gasteiger partial charge in [0.2, 0.25) is 0 Å². The minimum atomic E-state index is 0.826. The van der Waals surface area contributed by atoms with Crippen molar-refractivity contribution in [3.05, 3.63) is 0 Å². The van der Waals surface area contributed by atoms with E-state index in [0.717, 1.165) is 18.1 Å². The van der Waals surface area contributed by atoms with Crippen LogP contribution in [0.2, 0.25) is 0 Å². The van der Waals surface area contributed by atoms with Gasteiger partial charge < -0.3 is 5.32 Å². The molecule has 3 saturated heterocycles. The summed E-state index contributed by atoms with van der Waals surface area (Å²) in [4.78, 5) is 5.52. The summed E-state index contributed by atoms with van der Waals surface area (Å²) in [7, 11) is 2.40. The first-order chi connectivity index (χ1) is 8.86. The molecule has 0 bridgehead atoms. The molecule has 0 spiro atoms. The quantitative estimate of drug-likeness (QED) is 0.806. The number of hydrogen-bond acceptors (Lipinski definition) is 3. The second kappa shape index (κ2) is 5.89. The van der Waals surface area contributed by atoms with Crippen LogP contribution in [0.4, 0.5) is 0 Å². The van der Waals surface area contributed by atoms with Crippen LogP contribution in [0.3, 0.4) is 0 Å². The number of hydrogen-bond donors (Lipinski definition) is 1. The van der Waals surface area contributed by atoms with E-state index in [4.69, 9.17) is 0 Å². The Morgan fingerprint density at radius 1 is 0.944 bits per heavy atom. The zero-order valence-corrected chi connectivity index (χ0v) is 11.9. The zero-order chi connectivity index (χ0) is 12.4. The van der Waals surface area contributed by atoms with Gasteiger partial charge in [-0.15, -0.1) is 0 Å². The van der Waals surface area contributed by atoms with Crippen molar-refractivity contribution in [1.29, 1.82) is 0 Å². The Morgan fingerprint density at radius 3 is 2.83 bits per heavy atom. The van der Waals surface area contributed by atoms with Crippen molar-refractivity contribution in [3.8, 4) is 0 Å². The van der Waals surface area contributed by atoms with Crippen LogP contribution in [0, 0.1) is 0 Å². The van der Waals surface area contributed by atoms with Crippen molar-refractivity contribution in [3.63, 3.8) is 0 Å². The first kappa shape index (κ1) is 12.9. The highest BCUT2D eigenvalue weighted by Crippen LogP contribution is 2.31. The third-order valence-electron chi connectivity index (χ3n) is 5.46. The molecule has 3 fully saturated rings. The van der Waals surface area contributed by atoms with E-state index in [1.54, 1.807) is 0 Å². The lowest BCUT2D eigenvalue weighted by atomic mass is 9.96. The van der Waals surface area contributed by atoms with Gasteiger partial charge in [-0.3, -0.25) is 9.80 Å². The van der Waals surface area contributed by atoms with Gasteiger partial charge in [0.05, 0.1) is 0 Å². The highest BCUT2D eigenvalue weighted by Gasteiger charge is 2.39. The van der Waals surface area contributed by atoms with Crippen molar-refractivity contribution in [1.82, 2.24) is 15.1 Å². The summed E-state index contributed by atoms with van der Waals surface area (Å²) in [6.45, 7) is 5.16. The first-order valence-corrected chi connectivity index (χ1v) is 8.03. The molecule has 3 unspecified atom stereocenters. The van der Waals surface area contributed by atoms with E-state index in [0.29, 0.717) is 0 Å². The van der Waals surface area contributed by atoms with Crippen molar-refractivity contribution in [2.24, 2.45) is 0 Å². The second-order valence-electron chi connectivity index (χ2n) is 6.46. The molecule has 1 N–H and O–H groups in total. The van der Waals surface area contributed by atoms with E-state index < -0.39 is 0 Å². The van der Waals surface area contributed by atoms with Crippen LogP contribution in [0.5, 0.6) is 0 Å². The highest BCUT2D eigenvalue weighted by atomic mass is 15.3. The molecule has 0 saturated carbocycles. The highest BCUT2D eigenvalue weighted by molar-refractivity contribution is 4.96.